The van der Waals surface area contributed by atoms with Crippen LogP contribution in [0.5, 0.6) is 0 Å². The molecule has 0 amide bonds. The van der Waals surface area contributed by atoms with E-state index in [-0.39, 0.29) is 87.4 Å². The van der Waals surface area contributed by atoms with Crippen molar-refractivity contribution < 1.29 is 57.1 Å². The Balaban J connectivity index is 0.925. The summed E-state index contributed by atoms with van der Waals surface area (Å²) in [5, 5.41) is 0. The molecule has 8 aliphatic rings. The molecular formula is C36H50O12. The summed E-state index contributed by atoms with van der Waals surface area (Å²) < 4.78 is 45.5. The van der Waals surface area contributed by atoms with Crippen LogP contribution in [0.15, 0.2) is 0 Å². The molecule has 8 fully saturated rings. The molecule has 0 aromatic rings. The van der Waals surface area contributed by atoms with Gasteiger partial charge in [-0.3, -0.25) is 19.2 Å². The Labute approximate surface area is 281 Å². The summed E-state index contributed by atoms with van der Waals surface area (Å²) in [6.07, 6.45) is 12.2. The van der Waals surface area contributed by atoms with Crippen LogP contribution in [-0.4, -0.2) is 99.1 Å². The first-order valence-electron chi connectivity index (χ1n) is 18.6. The summed E-state index contributed by atoms with van der Waals surface area (Å²) in [4.78, 5) is 54.3. The van der Waals surface area contributed by atoms with Gasteiger partial charge in [-0.1, -0.05) is 0 Å². The number of hydrogen-bond acceptors (Lipinski definition) is 12. The van der Waals surface area contributed by atoms with Gasteiger partial charge in [0.25, 0.3) is 0 Å². The molecular weight excluding hydrogens is 624 g/mol. The summed E-state index contributed by atoms with van der Waals surface area (Å²) in [6.45, 7) is 0.802. The second-order valence-electron chi connectivity index (χ2n) is 15.8. The van der Waals surface area contributed by atoms with E-state index >= 15 is 0 Å². The molecule has 0 aromatic carbocycles. The largest absolute Gasteiger partial charge is 0.465 e. The molecule has 12 heteroatoms. The van der Waals surface area contributed by atoms with Crippen LogP contribution < -0.4 is 0 Å². The van der Waals surface area contributed by atoms with Gasteiger partial charge in [-0.15, -0.1) is 0 Å². The summed E-state index contributed by atoms with van der Waals surface area (Å²) in [5.41, 5.74) is 0. The Hall–Kier alpha value is -2.28. The molecule has 0 radical (unpaired) electrons. The van der Waals surface area contributed by atoms with Gasteiger partial charge < -0.3 is 37.9 Å². The maximum Gasteiger partial charge on any atom is 0.310 e. The van der Waals surface area contributed by atoms with E-state index in [0.29, 0.717) is 24.4 Å². The van der Waals surface area contributed by atoms with E-state index in [1.807, 2.05) is 0 Å². The van der Waals surface area contributed by atoms with Crippen LogP contribution in [0.4, 0.5) is 0 Å². The average Bonchev–Trinajstić information content (AvgIpc) is 3.92. The van der Waals surface area contributed by atoms with Gasteiger partial charge in [0, 0.05) is 0 Å². The average molecular weight is 675 g/mol. The zero-order chi connectivity index (χ0) is 32.8. The van der Waals surface area contributed by atoms with Crippen LogP contribution in [0.3, 0.4) is 0 Å². The summed E-state index contributed by atoms with van der Waals surface area (Å²) in [7, 11) is 0. The van der Waals surface area contributed by atoms with Crippen LogP contribution in [0, 0.1) is 35.5 Å². The van der Waals surface area contributed by atoms with Gasteiger partial charge in [-0.05, 0) is 101 Å². The third-order valence-corrected chi connectivity index (χ3v) is 12.2. The zero-order valence-electron chi connectivity index (χ0n) is 27.7. The molecule has 4 saturated heterocycles. The van der Waals surface area contributed by atoms with E-state index < -0.39 is 35.7 Å². The fraction of sp³-hybridized carbons (Fsp3) is 0.889. The van der Waals surface area contributed by atoms with Crippen LogP contribution >= 0.6 is 0 Å². The molecule has 4 saturated carbocycles. The summed E-state index contributed by atoms with van der Waals surface area (Å²) in [6, 6.07) is 0. The number of epoxide rings is 4. The van der Waals surface area contributed by atoms with Gasteiger partial charge in [0.2, 0.25) is 0 Å². The van der Waals surface area contributed by atoms with Gasteiger partial charge in [0.1, 0.15) is 0 Å². The third kappa shape index (κ3) is 8.36. The van der Waals surface area contributed by atoms with Gasteiger partial charge in [-0.2, -0.15) is 0 Å². The fourth-order valence-electron chi connectivity index (χ4n) is 8.84. The van der Waals surface area contributed by atoms with Crippen molar-refractivity contribution in [1.29, 1.82) is 0 Å². The molecule has 4 heterocycles. The molecule has 0 N–H and O–H groups in total. The highest BCUT2D eigenvalue weighted by Gasteiger charge is 2.48. The van der Waals surface area contributed by atoms with Crippen molar-refractivity contribution in [2.45, 2.75) is 139 Å². The van der Waals surface area contributed by atoms with Crippen LogP contribution in [0.2, 0.25) is 0 Å². The fourth-order valence-corrected chi connectivity index (χ4v) is 8.84. The molecule has 4 aliphatic heterocycles. The van der Waals surface area contributed by atoms with Gasteiger partial charge in [0.15, 0.2) is 0 Å². The highest BCUT2D eigenvalue weighted by molar-refractivity contribution is 5.88. The Morgan fingerprint density at radius 1 is 0.417 bits per heavy atom. The normalized spacial score (nSPS) is 41.1. The molecule has 266 valence electrons. The minimum absolute atomic E-state index is 0.144. The van der Waals surface area contributed by atoms with E-state index in [9.17, 15) is 19.2 Å². The van der Waals surface area contributed by atoms with E-state index in [1.165, 1.54) is 0 Å². The van der Waals surface area contributed by atoms with Gasteiger partial charge in [0.05, 0.1) is 99.9 Å². The van der Waals surface area contributed by atoms with Crippen molar-refractivity contribution in [1.82, 2.24) is 0 Å². The maximum atomic E-state index is 13.8. The number of carbonyl (C=O) groups is 4. The lowest BCUT2D eigenvalue weighted by Crippen LogP contribution is -2.38. The number of fused-ring (bicyclic) bond motifs is 4. The Morgan fingerprint density at radius 2 is 0.708 bits per heavy atom. The van der Waals surface area contributed by atoms with Crippen molar-refractivity contribution in [3.8, 4) is 0 Å². The highest BCUT2D eigenvalue weighted by atomic mass is 16.6. The molecule has 4 aliphatic carbocycles. The van der Waals surface area contributed by atoms with Gasteiger partial charge >= 0.3 is 23.9 Å². The van der Waals surface area contributed by atoms with E-state index in [0.717, 1.165) is 77.0 Å². The lowest BCUT2D eigenvalue weighted by Gasteiger charge is -2.27. The predicted octanol–water partition coefficient (Wildman–Crippen LogP) is 3.44. The SMILES string of the molecule is O=C(CC(C(=O)OCC1CCC2OC2C1)C(CC(=O)OCC1CCC2OC2C1)C(=O)OCC1CCC2OC2C1)OCC1CCC2OC2C1. The van der Waals surface area contributed by atoms with Crippen LogP contribution in [0.25, 0.3) is 0 Å². The highest BCUT2D eigenvalue weighted by Crippen LogP contribution is 2.42. The van der Waals surface area contributed by atoms with E-state index in [1.54, 1.807) is 0 Å². The van der Waals surface area contributed by atoms with E-state index in [4.69, 9.17) is 37.9 Å². The minimum Gasteiger partial charge on any atom is -0.465 e. The summed E-state index contributed by atoms with van der Waals surface area (Å²) >= 11 is 0. The lowest BCUT2D eigenvalue weighted by atomic mass is 9.86. The number of ether oxygens (including phenoxy) is 8. The summed E-state index contributed by atoms with van der Waals surface area (Å²) in [5.74, 6) is -4.39. The van der Waals surface area contributed by atoms with Crippen molar-refractivity contribution in [3.05, 3.63) is 0 Å². The quantitative estimate of drug-likeness (QED) is 0.142. The third-order valence-electron chi connectivity index (χ3n) is 12.2. The standard InChI is InChI=1S/C36H50O12/c37-33(41-15-19-1-5-25-29(9-19)45-25)13-23(35(39)43-17-21-3-7-27-31(11-21)47-27)24(36(40)44-18-22-4-8-28-32(12-22)48-28)14-34(38)42-16-20-2-6-26-30(10-20)46-26/h19-32H,1-18H2. The second kappa shape index (κ2) is 14.2. The van der Waals surface area contributed by atoms with Crippen molar-refractivity contribution in [3.63, 3.8) is 0 Å². The molecule has 0 aromatic heterocycles. The van der Waals surface area contributed by atoms with Crippen LogP contribution in [-0.2, 0) is 57.1 Å². The monoisotopic (exact) mass is 674 g/mol. The number of hydrogen-bond donors (Lipinski definition) is 0. The minimum atomic E-state index is -1.24. The first kappa shape index (κ1) is 32.9. The molecule has 12 nitrogen and oxygen atoms in total. The van der Waals surface area contributed by atoms with Crippen molar-refractivity contribution in [2.75, 3.05) is 26.4 Å². The lowest BCUT2D eigenvalue weighted by molar-refractivity contribution is -0.169. The number of carbonyl (C=O) groups excluding carboxylic acids is 4. The Bertz CT molecular complexity index is 1130. The zero-order valence-corrected chi connectivity index (χ0v) is 27.7. The number of rotatable bonds is 15. The molecule has 0 bridgehead atoms. The Morgan fingerprint density at radius 3 is 1.00 bits per heavy atom. The molecule has 0 spiro atoms. The molecule has 48 heavy (non-hydrogen) atoms. The van der Waals surface area contributed by atoms with Crippen molar-refractivity contribution >= 4 is 23.9 Å². The predicted molar refractivity (Wildman–Crippen MR) is 164 cm³/mol. The van der Waals surface area contributed by atoms with Gasteiger partial charge in [-0.25, -0.2) is 0 Å². The van der Waals surface area contributed by atoms with Crippen LogP contribution in [0.1, 0.15) is 89.9 Å². The molecule has 8 rings (SSSR count). The Kier molecular flexibility index (Phi) is 9.70. The second-order valence-corrected chi connectivity index (χ2v) is 15.8. The van der Waals surface area contributed by atoms with E-state index in [2.05, 4.69) is 0 Å². The smallest absolute Gasteiger partial charge is 0.310 e. The maximum absolute atomic E-state index is 13.8. The first-order valence-corrected chi connectivity index (χ1v) is 18.6. The molecule has 14 unspecified atom stereocenters. The topological polar surface area (TPSA) is 155 Å². The molecule has 14 atom stereocenters. The first-order chi connectivity index (χ1) is 23.3. The number of esters is 4. The van der Waals surface area contributed by atoms with Crippen molar-refractivity contribution in [2.24, 2.45) is 35.5 Å².